The van der Waals surface area contributed by atoms with Gasteiger partial charge in [0.25, 0.3) is 0 Å². The van der Waals surface area contributed by atoms with Crippen LogP contribution in [-0.2, 0) is 11.3 Å². The Labute approximate surface area is 133 Å². The maximum Gasteiger partial charge on any atom is 0.313 e. The maximum absolute atomic E-state index is 10.6. The van der Waals surface area contributed by atoms with Crippen LogP contribution in [0.5, 0.6) is 0 Å². The van der Waals surface area contributed by atoms with Gasteiger partial charge in [0, 0.05) is 16.6 Å². The molecule has 0 saturated carbocycles. The molecule has 0 aliphatic heterocycles. The van der Waals surface area contributed by atoms with Crippen molar-refractivity contribution >= 4 is 45.3 Å². The highest BCUT2D eigenvalue weighted by Crippen LogP contribution is 2.31. The van der Waals surface area contributed by atoms with Crippen molar-refractivity contribution in [3.63, 3.8) is 0 Å². The standard InChI is InChI=1S/C12H11BrClN3O2S/c1-2-17-11(8-5-7(13)3-4-9(8)14)15-16-12(17)20-6-10(18)19/h3-5H,2,6H2,1H3,(H,18,19). The summed E-state index contributed by atoms with van der Waals surface area (Å²) in [6, 6.07) is 5.49. The summed E-state index contributed by atoms with van der Waals surface area (Å²) in [4.78, 5) is 10.6. The number of carbonyl (C=O) groups is 1. The SMILES string of the molecule is CCn1c(SCC(=O)O)nnc1-c1cc(Br)ccc1Cl. The van der Waals surface area contributed by atoms with Gasteiger partial charge < -0.3 is 9.67 Å². The highest BCUT2D eigenvalue weighted by atomic mass is 79.9. The van der Waals surface area contributed by atoms with E-state index in [0.717, 1.165) is 21.8 Å². The summed E-state index contributed by atoms with van der Waals surface area (Å²) in [6.07, 6.45) is 0. The molecule has 0 fully saturated rings. The number of nitrogens with zero attached hydrogens (tertiary/aromatic N) is 3. The zero-order valence-electron chi connectivity index (χ0n) is 10.5. The van der Waals surface area contributed by atoms with Crippen LogP contribution in [0.4, 0.5) is 0 Å². The van der Waals surface area contributed by atoms with E-state index in [0.29, 0.717) is 22.5 Å². The van der Waals surface area contributed by atoms with Crippen LogP contribution in [0.2, 0.25) is 5.02 Å². The minimum absolute atomic E-state index is 0.0512. The van der Waals surface area contributed by atoms with Crippen molar-refractivity contribution in [1.29, 1.82) is 0 Å². The second-order valence-corrected chi connectivity index (χ2v) is 6.12. The summed E-state index contributed by atoms with van der Waals surface area (Å²) < 4.78 is 2.74. The molecule has 0 amide bonds. The van der Waals surface area contributed by atoms with Crippen LogP contribution in [-0.4, -0.2) is 31.6 Å². The summed E-state index contributed by atoms with van der Waals surface area (Å²) in [5.41, 5.74) is 0.762. The topological polar surface area (TPSA) is 68.0 Å². The molecular weight excluding hydrogens is 366 g/mol. The Morgan fingerprint density at radius 3 is 2.90 bits per heavy atom. The first-order chi connectivity index (χ1) is 9.52. The van der Waals surface area contributed by atoms with Crippen LogP contribution < -0.4 is 0 Å². The van der Waals surface area contributed by atoms with E-state index in [1.54, 1.807) is 6.07 Å². The van der Waals surface area contributed by atoms with Crippen molar-refractivity contribution in [2.45, 2.75) is 18.6 Å². The van der Waals surface area contributed by atoms with E-state index in [1.165, 1.54) is 0 Å². The second-order valence-electron chi connectivity index (χ2n) is 3.86. The van der Waals surface area contributed by atoms with Crippen molar-refractivity contribution in [3.8, 4) is 11.4 Å². The number of hydrogen-bond donors (Lipinski definition) is 1. The number of carboxylic acid groups (broad SMARTS) is 1. The maximum atomic E-state index is 10.6. The lowest BCUT2D eigenvalue weighted by molar-refractivity contribution is -0.133. The smallest absolute Gasteiger partial charge is 0.313 e. The number of hydrogen-bond acceptors (Lipinski definition) is 4. The number of halogens is 2. The number of thioether (sulfide) groups is 1. The molecule has 0 spiro atoms. The average Bonchev–Trinajstić information content (AvgIpc) is 2.81. The fourth-order valence-electron chi connectivity index (χ4n) is 1.67. The molecule has 5 nitrogen and oxygen atoms in total. The zero-order valence-corrected chi connectivity index (χ0v) is 13.7. The molecule has 2 rings (SSSR count). The molecule has 2 aromatic rings. The lowest BCUT2D eigenvalue weighted by Crippen LogP contribution is -2.03. The summed E-state index contributed by atoms with van der Waals surface area (Å²) in [5.74, 6) is -0.306. The summed E-state index contributed by atoms with van der Waals surface area (Å²) >= 11 is 10.7. The molecule has 0 bridgehead atoms. The third-order valence-corrected chi connectivity index (χ3v) is 4.30. The van der Waals surface area contributed by atoms with Gasteiger partial charge in [-0.2, -0.15) is 0 Å². The lowest BCUT2D eigenvalue weighted by atomic mass is 10.2. The van der Waals surface area contributed by atoms with Gasteiger partial charge in [-0.15, -0.1) is 10.2 Å². The van der Waals surface area contributed by atoms with Crippen molar-refractivity contribution < 1.29 is 9.90 Å². The van der Waals surface area contributed by atoms with Gasteiger partial charge in [-0.05, 0) is 25.1 Å². The molecule has 1 heterocycles. The molecule has 1 aromatic carbocycles. The Morgan fingerprint density at radius 2 is 2.25 bits per heavy atom. The molecule has 0 aliphatic carbocycles. The molecule has 0 aliphatic rings. The quantitative estimate of drug-likeness (QED) is 0.808. The van der Waals surface area contributed by atoms with Gasteiger partial charge in [0.15, 0.2) is 11.0 Å². The predicted octanol–water partition coefficient (Wildman–Crippen LogP) is 3.56. The number of benzene rings is 1. The van der Waals surface area contributed by atoms with E-state index in [9.17, 15) is 4.79 Å². The summed E-state index contributed by atoms with van der Waals surface area (Å²) in [5, 5.41) is 18.1. The van der Waals surface area contributed by atoms with Crippen LogP contribution in [0, 0.1) is 0 Å². The molecule has 0 radical (unpaired) electrons. The van der Waals surface area contributed by atoms with Gasteiger partial charge in [-0.25, -0.2) is 0 Å². The third-order valence-electron chi connectivity index (χ3n) is 2.53. The molecule has 20 heavy (non-hydrogen) atoms. The lowest BCUT2D eigenvalue weighted by Gasteiger charge is -2.08. The van der Waals surface area contributed by atoms with Gasteiger partial charge in [-0.1, -0.05) is 39.3 Å². The average molecular weight is 377 g/mol. The zero-order chi connectivity index (χ0) is 14.7. The monoisotopic (exact) mass is 375 g/mol. The number of aliphatic carboxylic acids is 1. The Bertz CT molecular complexity index is 648. The summed E-state index contributed by atoms with van der Waals surface area (Å²) in [7, 11) is 0. The van der Waals surface area contributed by atoms with Gasteiger partial charge in [0.05, 0.1) is 10.8 Å². The molecule has 1 N–H and O–H groups in total. The number of carboxylic acids is 1. The van der Waals surface area contributed by atoms with Crippen molar-refractivity contribution in [3.05, 3.63) is 27.7 Å². The fourth-order valence-corrected chi connectivity index (χ4v) is 2.96. The molecule has 1 aromatic heterocycles. The van der Waals surface area contributed by atoms with E-state index in [1.807, 2.05) is 23.6 Å². The van der Waals surface area contributed by atoms with E-state index >= 15 is 0 Å². The van der Waals surface area contributed by atoms with Gasteiger partial charge in [0.1, 0.15) is 0 Å². The molecule has 0 atom stereocenters. The Hall–Kier alpha value is -1.05. The normalized spacial score (nSPS) is 10.8. The molecule has 0 saturated heterocycles. The van der Waals surface area contributed by atoms with Crippen LogP contribution >= 0.6 is 39.3 Å². The predicted molar refractivity (Wildman–Crippen MR) is 82.2 cm³/mol. The van der Waals surface area contributed by atoms with Gasteiger partial charge >= 0.3 is 5.97 Å². The van der Waals surface area contributed by atoms with Crippen molar-refractivity contribution in [1.82, 2.24) is 14.8 Å². The van der Waals surface area contributed by atoms with Gasteiger partial charge in [-0.3, -0.25) is 4.79 Å². The number of aromatic nitrogens is 3. The van der Waals surface area contributed by atoms with Crippen molar-refractivity contribution in [2.24, 2.45) is 0 Å². The van der Waals surface area contributed by atoms with Crippen LogP contribution in [0.15, 0.2) is 27.8 Å². The highest BCUT2D eigenvalue weighted by molar-refractivity contribution is 9.10. The third kappa shape index (κ3) is 3.34. The first-order valence-corrected chi connectivity index (χ1v) is 7.91. The van der Waals surface area contributed by atoms with E-state index in [-0.39, 0.29) is 5.75 Å². The van der Waals surface area contributed by atoms with E-state index in [2.05, 4.69) is 26.1 Å². The van der Waals surface area contributed by atoms with E-state index < -0.39 is 5.97 Å². The molecule has 0 unspecified atom stereocenters. The Morgan fingerprint density at radius 1 is 1.50 bits per heavy atom. The molecular formula is C12H11BrClN3O2S. The minimum Gasteiger partial charge on any atom is -0.481 e. The first-order valence-electron chi connectivity index (χ1n) is 5.76. The van der Waals surface area contributed by atoms with Crippen LogP contribution in [0.1, 0.15) is 6.92 Å². The number of rotatable bonds is 5. The molecule has 8 heteroatoms. The second kappa shape index (κ2) is 6.60. The minimum atomic E-state index is -0.886. The highest BCUT2D eigenvalue weighted by Gasteiger charge is 2.16. The first kappa shape index (κ1) is 15.3. The summed E-state index contributed by atoms with van der Waals surface area (Å²) in [6.45, 7) is 2.58. The van der Waals surface area contributed by atoms with Gasteiger partial charge in [0.2, 0.25) is 0 Å². The molecule has 106 valence electrons. The van der Waals surface area contributed by atoms with Crippen LogP contribution in [0.25, 0.3) is 11.4 Å². The Balaban J connectivity index is 2.42. The van der Waals surface area contributed by atoms with Crippen LogP contribution in [0.3, 0.4) is 0 Å². The van der Waals surface area contributed by atoms with E-state index in [4.69, 9.17) is 16.7 Å². The Kier molecular flexibility index (Phi) is 5.06. The van der Waals surface area contributed by atoms with Crippen molar-refractivity contribution in [2.75, 3.05) is 5.75 Å². The fraction of sp³-hybridized carbons (Fsp3) is 0.250. The largest absolute Gasteiger partial charge is 0.481 e.